The molecule has 0 spiro atoms. The van der Waals surface area contributed by atoms with Gasteiger partial charge in [0.1, 0.15) is 0 Å². The molecule has 0 atom stereocenters. The van der Waals surface area contributed by atoms with E-state index in [1.165, 1.54) is 16.9 Å². The molecule has 0 saturated heterocycles. The molecule has 2 heterocycles. The van der Waals surface area contributed by atoms with Crippen LogP contribution in [0.2, 0.25) is 0 Å². The van der Waals surface area contributed by atoms with Crippen LogP contribution in [0.5, 0.6) is 0 Å². The van der Waals surface area contributed by atoms with Gasteiger partial charge in [0.15, 0.2) is 5.82 Å². The molecule has 102 valence electrons. The van der Waals surface area contributed by atoms with Gasteiger partial charge in [-0.05, 0) is 25.0 Å². The quantitative estimate of drug-likeness (QED) is 0.797. The van der Waals surface area contributed by atoms with Crippen molar-refractivity contribution in [1.29, 1.82) is 0 Å². The maximum absolute atomic E-state index is 5.94. The van der Waals surface area contributed by atoms with Gasteiger partial charge in [-0.2, -0.15) is 4.98 Å². The van der Waals surface area contributed by atoms with Gasteiger partial charge in [0, 0.05) is 11.3 Å². The van der Waals surface area contributed by atoms with Gasteiger partial charge >= 0.3 is 0 Å². The molecule has 0 radical (unpaired) electrons. The summed E-state index contributed by atoms with van der Waals surface area (Å²) in [4.78, 5) is 5.56. The maximum atomic E-state index is 5.94. The third kappa shape index (κ3) is 2.72. The summed E-state index contributed by atoms with van der Waals surface area (Å²) in [5.74, 6) is 1.22. The Hall–Kier alpha value is -2.14. The van der Waals surface area contributed by atoms with E-state index in [-0.39, 0.29) is 0 Å². The van der Waals surface area contributed by atoms with Crippen LogP contribution in [-0.2, 0) is 12.8 Å². The van der Waals surface area contributed by atoms with Crippen LogP contribution < -0.4 is 5.73 Å². The number of nitrogens with two attached hydrogens (primary N) is 1. The van der Waals surface area contributed by atoms with E-state index in [2.05, 4.69) is 22.3 Å². The lowest BCUT2D eigenvalue weighted by molar-refractivity contribution is 0.422. The number of thiophene rings is 1. The predicted molar refractivity (Wildman–Crippen MR) is 80.6 cm³/mol. The van der Waals surface area contributed by atoms with Crippen molar-refractivity contribution in [2.45, 2.75) is 19.8 Å². The lowest BCUT2D eigenvalue weighted by Gasteiger charge is -1.96. The van der Waals surface area contributed by atoms with Gasteiger partial charge in [-0.1, -0.05) is 35.5 Å². The van der Waals surface area contributed by atoms with Gasteiger partial charge in [0.05, 0.1) is 10.6 Å². The van der Waals surface area contributed by atoms with Gasteiger partial charge in [0.25, 0.3) is 5.89 Å². The summed E-state index contributed by atoms with van der Waals surface area (Å²) in [7, 11) is 0. The van der Waals surface area contributed by atoms with Gasteiger partial charge in [0.2, 0.25) is 0 Å². The Labute approximate surface area is 121 Å². The lowest BCUT2D eigenvalue weighted by atomic mass is 10.1. The molecular formula is C15H15N3OS. The highest BCUT2D eigenvalue weighted by molar-refractivity contribution is 7.16. The summed E-state index contributed by atoms with van der Waals surface area (Å²) in [6.07, 6.45) is 1.66. The predicted octanol–water partition coefficient (Wildman–Crippen LogP) is 3.47. The van der Waals surface area contributed by atoms with Gasteiger partial charge in [-0.3, -0.25) is 0 Å². The van der Waals surface area contributed by atoms with Crippen LogP contribution in [0.4, 0.5) is 5.00 Å². The number of hydrogen-bond acceptors (Lipinski definition) is 5. The van der Waals surface area contributed by atoms with Crippen LogP contribution >= 0.6 is 11.3 Å². The molecule has 3 rings (SSSR count). The summed E-state index contributed by atoms with van der Waals surface area (Å²) in [6, 6.07) is 12.3. The number of aryl methyl sites for hydroxylation is 3. The van der Waals surface area contributed by atoms with Gasteiger partial charge in [-0.15, -0.1) is 11.3 Å². The molecule has 0 bridgehead atoms. The highest BCUT2D eigenvalue weighted by Gasteiger charge is 2.14. The van der Waals surface area contributed by atoms with Crippen molar-refractivity contribution in [1.82, 2.24) is 10.1 Å². The van der Waals surface area contributed by atoms with Crippen molar-refractivity contribution in [3.8, 4) is 11.5 Å². The minimum absolute atomic E-state index is 0.509. The van der Waals surface area contributed by atoms with E-state index >= 15 is 0 Å². The van der Waals surface area contributed by atoms with Crippen LogP contribution in [0.25, 0.3) is 11.5 Å². The third-order valence-electron chi connectivity index (χ3n) is 3.06. The SMILES string of the molecule is Cc1cc(-c2nc(CCc3ccccc3)no2)c(N)s1. The Morgan fingerprint density at radius 1 is 1.20 bits per heavy atom. The van der Waals surface area contributed by atoms with Crippen LogP contribution in [0.3, 0.4) is 0 Å². The average Bonchev–Trinajstić information content (AvgIpc) is 3.04. The fraction of sp³-hybridized carbons (Fsp3) is 0.200. The minimum atomic E-state index is 0.509. The normalized spacial score (nSPS) is 10.8. The van der Waals surface area contributed by atoms with Crippen molar-refractivity contribution >= 4 is 16.3 Å². The highest BCUT2D eigenvalue weighted by atomic mass is 32.1. The van der Waals surface area contributed by atoms with Gasteiger partial charge in [-0.25, -0.2) is 0 Å². The van der Waals surface area contributed by atoms with E-state index in [1.807, 2.05) is 31.2 Å². The molecule has 0 aliphatic heterocycles. The maximum Gasteiger partial charge on any atom is 0.260 e. The summed E-state index contributed by atoms with van der Waals surface area (Å²) in [5, 5.41) is 4.74. The van der Waals surface area contributed by atoms with Gasteiger partial charge < -0.3 is 10.3 Å². The van der Waals surface area contributed by atoms with E-state index in [1.54, 1.807) is 0 Å². The fourth-order valence-corrected chi connectivity index (χ4v) is 2.84. The molecule has 20 heavy (non-hydrogen) atoms. The molecule has 0 fully saturated rings. The summed E-state index contributed by atoms with van der Waals surface area (Å²) in [5.41, 5.74) is 8.05. The Balaban J connectivity index is 1.73. The lowest BCUT2D eigenvalue weighted by Crippen LogP contribution is -1.93. The molecule has 3 aromatic rings. The second-order valence-corrected chi connectivity index (χ2v) is 5.92. The number of nitrogens with zero attached hydrogens (tertiary/aromatic N) is 2. The van der Waals surface area contributed by atoms with E-state index in [0.717, 1.165) is 28.3 Å². The first-order valence-electron chi connectivity index (χ1n) is 6.45. The number of benzene rings is 1. The molecule has 5 heteroatoms. The van der Waals surface area contributed by atoms with E-state index in [9.17, 15) is 0 Å². The molecule has 0 saturated carbocycles. The first-order chi connectivity index (χ1) is 9.72. The summed E-state index contributed by atoms with van der Waals surface area (Å²) in [6.45, 7) is 2.01. The zero-order valence-corrected chi connectivity index (χ0v) is 12.0. The molecule has 2 N–H and O–H groups in total. The third-order valence-corrected chi connectivity index (χ3v) is 3.94. The monoisotopic (exact) mass is 285 g/mol. The second kappa shape index (κ2) is 5.46. The first-order valence-corrected chi connectivity index (χ1v) is 7.27. The van der Waals surface area contributed by atoms with Crippen LogP contribution in [-0.4, -0.2) is 10.1 Å². The number of anilines is 1. The molecule has 0 aliphatic rings. The second-order valence-electron chi connectivity index (χ2n) is 4.64. The molecule has 0 amide bonds. The smallest absolute Gasteiger partial charge is 0.260 e. The number of aromatic nitrogens is 2. The molecule has 2 aromatic heterocycles. The number of rotatable bonds is 4. The standard InChI is InChI=1S/C15H15N3OS/c1-10-9-12(14(16)20-10)15-17-13(18-19-15)8-7-11-5-3-2-4-6-11/h2-6,9H,7-8,16H2,1H3. The van der Waals surface area contributed by atoms with Crippen LogP contribution in [0.1, 0.15) is 16.3 Å². The number of hydrogen-bond donors (Lipinski definition) is 1. The van der Waals surface area contributed by atoms with Crippen molar-refractivity contribution in [2.75, 3.05) is 5.73 Å². The van der Waals surface area contributed by atoms with Crippen LogP contribution in [0, 0.1) is 6.92 Å². The molecule has 0 unspecified atom stereocenters. The molecular weight excluding hydrogens is 270 g/mol. The fourth-order valence-electron chi connectivity index (χ4n) is 2.07. The molecule has 1 aromatic carbocycles. The average molecular weight is 285 g/mol. The zero-order valence-electron chi connectivity index (χ0n) is 11.2. The van der Waals surface area contributed by atoms with Crippen molar-refractivity contribution in [3.05, 3.63) is 52.7 Å². The zero-order chi connectivity index (χ0) is 13.9. The Kier molecular flexibility index (Phi) is 3.52. The topological polar surface area (TPSA) is 64.9 Å². The first kappa shape index (κ1) is 12.9. The van der Waals surface area contributed by atoms with E-state index < -0.39 is 0 Å². The summed E-state index contributed by atoms with van der Waals surface area (Å²) < 4.78 is 5.30. The Morgan fingerprint density at radius 2 is 2.00 bits per heavy atom. The minimum Gasteiger partial charge on any atom is -0.390 e. The Morgan fingerprint density at radius 3 is 2.70 bits per heavy atom. The van der Waals surface area contributed by atoms with E-state index in [4.69, 9.17) is 10.3 Å². The number of nitrogen functional groups attached to an aromatic ring is 1. The summed E-state index contributed by atoms with van der Waals surface area (Å²) >= 11 is 1.53. The molecule has 4 nitrogen and oxygen atoms in total. The van der Waals surface area contributed by atoms with Crippen molar-refractivity contribution < 1.29 is 4.52 Å². The van der Waals surface area contributed by atoms with Crippen LogP contribution in [0.15, 0.2) is 40.9 Å². The largest absolute Gasteiger partial charge is 0.390 e. The van der Waals surface area contributed by atoms with Crippen molar-refractivity contribution in [2.24, 2.45) is 0 Å². The Bertz CT molecular complexity index is 703. The molecule has 0 aliphatic carbocycles. The highest BCUT2D eigenvalue weighted by Crippen LogP contribution is 2.32. The van der Waals surface area contributed by atoms with Crippen molar-refractivity contribution in [3.63, 3.8) is 0 Å². The van der Waals surface area contributed by atoms with E-state index in [0.29, 0.717) is 11.7 Å².